The van der Waals surface area contributed by atoms with Gasteiger partial charge in [0.15, 0.2) is 0 Å². The van der Waals surface area contributed by atoms with Crippen LogP contribution in [0.5, 0.6) is 5.75 Å². The summed E-state index contributed by atoms with van der Waals surface area (Å²) in [6.07, 6.45) is 0.861. The van der Waals surface area contributed by atoms with E-state index in [0.717, 1.165) is 48.7 Å². The van der Waals surface area contributed by atoms with Crippen molar-refractivity contribution in [2.24, 2.45) is 0 Å². The van der Waals surface area contributed by atoms with Crippen molar-refractivity contribution >= 4 is 0 Å². The SMILES string of the molecule is COc1ccc(-n2ccnc2C(F)(F)F)cc1C1COC2(CCCNC2)C1. The molecule has 1 aromatic heterocycles. The zero-order valence-corrected chi connectivity index (χ0v) is 15.1. The van der Waals surface area contributed by atoms with Gasteiger partial charge in [0.05, 0.1) is 19.3 Å². The van der Waals surface area contributed by atoms with Gasteiger partial charge in [-0.2, -0.15) is 13.2 Å². The van der Waals surface area contributed by atoms with Crippen LogP contribution in [0.4, 0.5) is 13.2 Å². The minimum atomic E-state index is -4.52. The number of piperidine rings is 1. The Bertz CT molecular complexity index is 813. The van der Waals surface area contributed by atoms with Gasteiger partial charge in [-0.1, -0.05) is 0 Å². The molecule has 0 radical (unpaired) electrons. The summed E-state index contributed by atoms with van der Waals surface area (Å²) in [7, 11) is 1.57. The number of halogens is 3. The van der Waals surface area contributed by atoms with Gasteiger partial charge < -0.3 is 14.8 Å². The van der Waals surface area contributed by atoms with E-state index in [0.29, 0.717) is 18.0 Å². The summed E-state index contributed by atoms with van der Waals surface area (Å²) in [6, 6.07) is 5.10. The van der Waals surface area contributed by atoms with Crippen LogP contribution in [-0.4, -0.2) is 42.0 Å². The second kappa shape index (κ2) is 6.83. The molecule has 1 spiro atoms. The molecule has 2 fully saturated rings. The van der Waals surface area contributed by atoms with Crippen molar-refractivity contribution in [3.63, 3.8) is 0 Å². The van der Waals surface area contributed by atoms with E-state index < -0.39 is 12.0 Å². The summed E-state index contributed by atoms with van der Waals surface area (Å²) in [5.74, 6) is -0.186. The van der Waals surface area contributed by atoms with Gasteiger partial charge in [-0.05, 0) is 44.0 Å². The lowest BCUT2D eigenvalue weighted by Crippen LogP contribution is -2.45. The van der Waals surface area contributed by atoms with Crippen LogP contribution < -0.4 is 10.1 Å². The molecule has 0 bridgehead atoms. The Morgan fingerprint density at radius 2 is 2.22 bits per heavy atom. The van der Waals surface area contributed by atoms with Gasteiger partial charge in [-0.25, -0.2) is 4.98 Å². The third-order valence-corrected chi connectivity index (χ3v) is 5.47. The minimum Gasteiger partial charge on any atom is -0.496 e. The van der Waals surface area contributed by atoms with Crippen molar-refractivity contribution in [2.45, 2.75) is 37.0 Å². The average molecular weight is 381 g/mol. The molecule has 1 aromatic carbocycles. The molecule has 2 atom stereocenters. The van der Waals surface area contributed by atoms with E-state index in [1.54, 1.807) is 25.3 Å². The lowest BCUT2D eigenvalue weighted by atomic mass is 9.84. The molecular weight excluding hydrogens is 359 g/mol. The number of ether oxygens (including phenoxy) is 2. The highest BCUT2D eigenvalue weighted by Crippen LogP contribution is 2.43. The summed E-state index contributed by atoms with van der Waals surface area (Å²) in [6.45, 7) is 2.35. The normalized spacial score (nSPS) is 25.9. The Morgan fingerprint density at radius 3 is 2.93 bits per heavy atom. The minimum absolute atomic E-state index is 0.0812. The highest BCUT2D eigenvalue weighted by molar-refractivity contribution is 5.47. The Balaban J connectivity index is 1.68. The zero-order chi connectivity index (χ0) is 19.1. The third kappa shape index (κ3) is 3.43. The first-order valence-electron chi connectivity index (χ1n) is 9.05. The quantitative estimate of drug-likeness (QED) is 0.884. The second-order valence-electron chi connectivity index (χ2n) is 7.22. The fourth-order valence-corrected chi connectivity index (χ4v) is 4.19. The largest absolute Gasteiger partial charge is 0.496 e. The molecule has 2 aliphatic rings. The number of aromatic nitrogens is 2. The van der Waals surface area contributed by atoms with E-state index in [1.165, 1.54) is 6.20 Å². The third-order valence-electron chi connectivity index (χ3n) is 5.47. The van der Waals surface area contributed by atoms with Crippen LogP contribution in [0.25, 0.3) is 5.69 Å². The smallest absolute Gasteiger partial charge is 0.450 e. The van der Waals surface area contributed by atoms with Crippen molar-refractivity contribution in [3.8, 4) is 11.4 Å². The number of benzene rings is 1. The Morgan fingerprint density at radius 1 is 1.37 bits per heavy atom. The first kappa shape index (κ1) is 18.3. The standard InChI is InChI=1S/C19H22F3N3O2/c1-26-16-4-3-14(25-8-7-24-17(25)19(20,21)22)9-15(16)13-10-18(27-11-13)5-2-6-23-12-18/h3-4,7-9,13,23H,2,5-6,10-12H2,1H3. The molecule has 4 rings (SSSR count). The van der Waals surface area contributed by atoms with E-state index >= 15 is 0 Å². The van der Waals surface area contributed by atoms with E-state index in [-0.39, 0.29) is 11.5 Å². The Kier molecular flexibility index (Phi) is 4.63. The second-order valence-corrected chi connectivity index (χ2v) is 7.22. The number of alkyl halides is 3. The summed E-state index contributed by atoms with van der Waals surface area (Å²) >= 11 is 0. The van der Waals surface area contributed by atoms with Gasteiger partial charge >= 0.3 is 6.18 Å². The number of hydrogen-bond donors (Lipinski definition) is 1. The number of rotatable bonds is 3. The first-order valence-corrected chi connectivity index (χ1v) is 9.05. The number of hydrogen-bond acceptors (Lipinski definition) is 4. The first-order chi connectivity index (χ1) is 12.9. The number of methoxy groups -OCH3 is 1. The Labute approximate surface area is 155 Å². The highest BCUT2D eigenvalue weighted by Gasteiger charge is 2.42. The predicted octanol–water partition coefficient (Wildman–Crippen LogP) is 3.53. The van der Waals surface area contributed by atoms with Crippen LogP contribution in [0.15, 0.2) is 30.6 Å². The molecular formula is C19H22F3N3O2. The van der Waals surface area contributed by atoms with E-state index in [1.807, 2.05) is 0 Å². The zero-order valence-electron chi connectivity index (χ0n) is 15.1. The molecule has 8 heteroatoms. The average Bonchev–Trinajstić information content (AvgIpc) is 3.29. The molecule has 0 aliphatic carbocycles. The molecule has 146 valence electrons. The lowest BCUT2D eigenvalue weighted by Gasteiger charge is -2.33. The fourth-order valence-electron chi connectivity index (χ4n) is 4.19. The maximum atomic E-state index is 13.2. The van der Waals surface area contributed by atoms with Crippen LogP contribution in [0.2, 0.25) is 0 Å². The van der Waals surface area contributed by atoms with Gasteiger partial charge in [0.1, 0.15) is 5.75 Å². The van der Waals surface area contributed by atoms with Crippen LogP contribution >= 0.6 is 0 Å². The van der Waals surface area contributed by atoms with Gasteiger partial charge in [0.2, 0.25) is 5.82 Å². The molecule has 27 heavy (non-hydrogen) atoms. The molecule has 3 heterocycles. The van der Waals surface area contributed by atoms with Crippen molar-refractivity contribution < 1.29 is 22.6 Å². The lowest BCUT2D eigenvalue weighted by molar-refractivity contribution is -0.145. The van der Waals surface area contributed by atoms with Crippen molar-refractivity contribution in [1.29, 1.82) is 0 Å². The highest BCUT2D eigenvalue weighted by atomic mass is 19.4. The van der Waals surface area contributed by atoms with Crippen molar-refractivity contribution in [1.82, 2.24) is 14.9 Å². The summed E-state index contributed by atoms with van der Waals surface area (Å²) in [4.78, 5) is 3.48. The maximum absolute atomic E-state index is 13.2. The van der Waals surface area contributed by atoms with Gasteiger partial charge in [-0.15, -0.1) is 0 Å². The van der Waals surface area contributed by atoms with Crippen molar-refractivity contribution in [2.75, 3.05) is 26.8 Å². The maximum Gasteiger partial charge on any atom is 0.450 e. The molecule has 2 aromatic rings. The van der Waals surface area contributed by atoms with Crippen LogP contribution in [0.1, 0.15) is 36.6 Å². The van der Waals surface area contributed by atoms with E-state index in [2.05, 4.69) is 10.3 Å². The monoisotopic (exact) mass is 381 g/mol. The molecule has 2 unspecified atom stereocenters. The molecule has 0 saturated carbocycles. The summed E-state index contributed by atoms with van der Waals surface area (Å²) < 4.78 is 52.3. The van der Waals surface area contributed by atoms with Crippen LogP contribution in [-0.2, 0) is 10.9 Å². The predicted molar refractivity (Wildman–Crippen MR) is 93.3 cm³/mol. The number of nitrogens with zero attached hydrogens (tertiary/aromatic N) is 2. The summed E-state index contributed by atoms with van der Waals surface area (Å²) in [5.41, 5.74) is 1.11. The molecule has 2 saturated heterocycles. The fraction of sp³-hybridized carbons (Fsp3) is 0.526. The van der Waals surface area contributed by atoms with Crippen LogP contribution in [0.3, 0.4) is 0 Å². The number of nitrogens with one attached hydrogen (secondary N) is 1. The van der Waals surface area contributed by atoms with Crippen LogP contribution in [0, 0.1) is 0 Å². The van der Waals surface area contributed by atoms with Gasteiger partial charge in [0.25, 0.3) is 0 Å². The molecule has 5 nitrogen and oxygen atoms in total. The van der Waals surface area contributed by atoms with E-state index in [4.69, 9.17) is 9.47 Å². The Hall–Kier alpha value is -2.06. The van der Waals surface area contributed by atoms with Gasteiger partial charge in [-0.3, -0.25) is 4.57 Å². The number of imidazole rings is 1. The van der Waals surface area contributed by atoms with Gasteiger partial charge in [0, 0.05) is 36.1 Å². The molecule has 1 N–H and O–H groups in total. The molecule has 2 aliphatic heterocycles. The van der Waals surface area contributed by atoms with Crippen molar-refractivity contribution in [3.05, 3.63) is 42.0 Å². The topological polar surface area (TPSA) is 48.3 Å². The van der Waals surface area contributed by atoms with E-state index in [9.17, 15) is 13.2 Å². The molecule has 0 amide bonds. The summed E-state index contributed by atoms with van der Waals surface area (Å²) in [5, 5.41) is 3.38.